The van der Waals surface area contributed by atoms with Crippen LogP contribution in [0.1, 0.15) is 11.4 Å². The zero-order valence-corrected chi connectivity index (χ0v) is 19.5. The number of benzene rings is 2. The van der Waals surface area contributed by atoms with Crippen molar-refractivity contribution >= 4 is 34.5 Å². The molecule has 3 amide bonds. The zero-order chi connectivity index (χ0) is 23.9. The van der Waals surface area contributed by atoms with Gasteiger partial charge in [-0.1, -0.05) is 30.3 Å². The number of amidine groups is 1. The third kappa shape index (κ3) is 3.99. The van der Waals surface area contributed by atoms with E-state index in [1.165, 1.54) is 4.90 Å². The number of amides is 3. The Labute approximate surface area is 202 Å². The van der Waals surface area contributed by atoms with Crippen molar-refractivity contribution in [2.24, 2.45) is 4.99 Å². The first-order chi connectivity index (χ1) is 17.1. The Morgan fingerprint density at radius 3 is 2.69 bits per heavy atom. The number of nitrogens with zero attached hydrogens (tertiary/aromatic N) is 5. The van der Waals surface area contributed by atoms with Crippen LogP contribution in [0.25, 0.3) is 11.0 Å². The molecule has 4 heterocycles. The Kier molecular flexibility index (Phi) is 5.37. The van der Waals surface area contributed by atoms with Crippen LogP contribution in [0.4, 0.5) is 10.5 Å². The predicted octanol–water partition coefficient (Wildman–Crippen LogP) is 1.73. The van der Waals surface area contributed by atoms with Crippen molar-refractivity contribution in [2.75, 3.05) is 38.3 Å². The quantitative estimate of drug-likeness (QED) is 0.585. The van der Waals surface area contributed by atoms with Gasteiger partial charge >= 0.3 is 6.03 Å². The molecule has 3 aliphatic rings. The molecule has 10 nitrogen and oxygen atoms in total. The first-order valence-electron chi connectivity index (χ1n) is 11.8. The maximum Gasteiger partial charge on any atom is 0.325 e. The summed E-state index contributed by atoms with van der Waals surface area (Å²) in [5.41, 5.74) is 4.04. The monoisotopic (exact) mass is 473 g/mol. The summed E-state index contributed by atoms with van der Waals surface area (Å²) in [5.74, 6) is 1.17. The van der Waals surface area contributed by atoms with Crippen molar-refractivity contribution in [3.05, 3.63) is 59.9 Å². The summed E-state index contributed by atoms with van der Waals surface area (Å²) in [7, 11) is 1.67. The normalized spacial score (nSPS) is 22.4. The van der Waals surface area contributed by atoms with Gasteiger partial charge in [-0.3, -0.25) is 10.1 Å². The van der Waals surface area contributed by atoms with Crippen LogP contribution in [0.2, 0.25) is 0 Å². The predicted molar refractivity (Wildman–Crippen MR) is 131 cm³/mol. The third-order valence-electron chi connectivity index (χ3n) is 6.86. The molecule has 2 aromatic carbocycles. The van der Waals surface area contributed by atoms with Crippen molar-refractivity contribution in [1.29, 1.82) is 0 Å². The number of hydrogen-bond acceptors (Lipinski definition) is 7. The van der Waals surface area contributed by atoms with Crippen molar-refractivity contribution in [2.45, 2.75) is 25.2 Å². The molecule has 2 fully saturated rings. The van der Waals surface area contributed by atoms with E-state index in [0.717, 1.165) is 60.2 Å². The number of hydrogen-bond donors (Lipinski definition) is 2. The number of aliphatic imine (C=N–C) groups is 1. The first kappa shape index (κ1) is 21.6. The number of nitrogens with one attached hydrogen (secondary N) is 2. The molecule has 6 rings (SSSR count). The van der Waals surface area contributed by atoms with Crippen LogP contribution in [0, 0.1) is 0 Å². The summed E-state index contributed by atoms with van der Waals surface area (Å²) in [6.07, 6.45) is -0.135. The highest BCUT2D eigenvalue weighted by molar-refractivity contribution is 6.04. The Bertz CT molecular complexity index is 1300. The van der Waals surface area contributed by atoms with Gasteiger partial charge in [0.05, 0.1) is 30.7 Å². The van der Waals surface area contributed by atoms with E-state index >= 15 is 0 Å². The molecule has 0 spiro atoms. The summed E-state index contributed by atoms with van der Waals surface area (Å²) < 4.78 is 5.47. The zero-order valence-electron chi connectivity index (χ0n) is 19.5. The van der Waals surface area contributed by atoms with Crippen molar-refractivity contribution in [1.82, 2.24) is 25.1 Å². The third-order valence-corrected chi connectivity index (χ3v) is 6.86. The second-order valence-corrected chi connectivity index (χ2v) is 9.08. The number of morpholine rings is 1. The Morgan fingerprint density at radius 1 is 1.09 bits per heavy atom. The molecule has 2 atom stereocenters. The second kappa shape index (κ2) is 8.70. The number of carbonyl (C=O) groups excluding carboxylic acids is 2. The van der Waals surface area contributed by atoms with Crippen LogP contribution in [-0.2, 0) is 22.5 Å². The fourth-order valence-electron chi connectivity index (χ4n) is 5.00. The maximum atomic E-state index is 12.8. The highest BCUT2D eigenvalue weighted by atomic mass is 16.5. The molecule has 2 unspecified atom stereocenters. The standard InChI is InChI=1S/C25H27N7O3/c1-30-23-22(24(33)29-25(30)34)32(15-16-5-3-2-4-6-16)21(28-23)14-20-26-18-8-7-17(13-19(18)27-20)31-9-11-35-12-10-31/h2-8,13,22-23H,9-12,14-15H2,1H3,(H,26,27)(H,29,33,34). The number of fused-ring (bicyclic) bond motifs is 2. The number of anilines is 1. The number of H-pyrrole nitrogens is 1. The summed E-state index contributed by atoms with van der Waals surface area (Å²) in [6.45, 7) is 3.72. The maximum absolute atomic E-state index is 12.8. The number of likely N-dealkylation sites (N-methyl/N-ethyl adjacent to an activating group) is 1. The lowest BCUT2D eigenvalue weighted by molar-refractivity contribution is -0.127. The Hall–Kier alpha value is -3.92. The van der Waals surface area contributed by atoms with E-state index < -0.39 is 18.2 Å². The molecule has 35 heavy (non-hydrogen) atoms. The molecule has 3 aliphatic heterocycles. The molecule has 180 valence electrons. The lowest BCUT2D eigenvalue weighted by Gasteiger charge is -2.36. The van der Waals surface area contributed by atoms with E-state index in [9.17, 15) is 9.59 Å². The molecule has 0 bridgehead atoms. The van der Waals surface area contributed by atoms with Gasteiger partial charge in [-0.15, -0.1) is 0 Å². The van der Waals surface area contributed by atoms with E-state index in [0.29, 0.717) is 13.0 Å². The number of carbonyl (C=O) groups is 2. The molecule has 10 heteroatoms. The van der Waals surface area contributed by atoms with Crippen LogP contribution in [0.15, 0.2) is 53.5 Å². The second-order valence-electron chi connectivity index (χ2n) is 9.08. The molecular formula is C25H27N7O3. The van der Waals surface area contributed by atoms with Crippen molar-refractivity contribution < 1.29 is 14.3 Å². The minimum absolute atomic E-state index is 0.326. The van der Waals surface area contributed by atoms with E-state index in [-0.39, 0.29) is 5.91 Å². The van der Waals surface area contributed by atoms with Crippen molar-refractivity contribution in [3.63, 3.8) is 0 Å². The fourth-order valence-corrected chi connectivity index (χ4v) is 5.00. The van der Waals surface area contributed by atoms with Crippen LogP contribution in [0.5, 0.6) is 0 Å². The average Bonchev–Trinajstić information content (AvgIpc) is 3.44. The molecule has 0 aliphatic carbocycles. The van der Waals surface area contributed by atoms with E-state index in [4.69, 9.17) is 14.7 Å². The lowest BCUT2D eigenvalue weighted by Crippen LogP contribution is -2.63. The summed E-state index contributed by atoms with van der Waals surface area (Å²) >= 11 is 0. The van der Waals surface area contributed by atoms with Crippen molar-refractivity contribution in [3.8, 4) is 0 Å². The lowest BCUT2D eigenvalue weighted by atomic mass is 10.1. The average molecular weight is 474 g/mol. The largest absolute Gasteiger partial charge is 0.378 e. The summed E-state index contributed by atoms with van der Waals surface area (Å²) in [4.78, 5) is 43.9. The summed E-state index contributed by atoms with van der Waals surface area (Å²) in [6, 6.07) is 15.2. The Balaban J connectivity index is 1.30. The number of aromatic nitrogens is 2. The molecule has 1 aromatic heterocycles. The molecule has 3 aromatic rings. The van der Waals surface area contributed by atoms with Gasteiger partial charge in [0.15, 0.2) is 12.2 Å². The van der Waals surface area contributed by atoms with Gasteiger partial charge in [0.25, 0.3) is 5.91 Å². The fraction of sp³-hybridized carbons (Fsp3) is 0.360. The van der Waals surface area contributed by atoms with E-state index in [1.54, 1.807) is 7.05 Å². The van der Waals surface area contributed by atoms with Crippen LogP contribution in [0.3, 0.4) is 0 Å². The number of imidazole rings is 1. The Morgan fingerprint density at radius 2 is 1.89 bits per heavy atom. The minimum atomic E-state index is -0.579. The van der Waals surface area contributed by atoms with Crippen LogP contribution >= 0.6 is 0 Å². The van der Waals surface area contributed by atoms with Crippen LogP contribution < -0.4 is 10.2 Å². The molecular weight excluding hydrogens is 446 g/mol. The first-order valence-corrected chi connectivity index (χ1v) is 11.8. The van der Waals surface area contributed by atoms with Gasteiger partial charge in [-0.2, -0.15) is 0 Å². The van der Waals surface area contributed by atoms with Gasteiger partial charge in [0, 0.05) is 32.4 Å². The number of urea groups is 1. The van der Waals surface area contributed by atoms with Gasteiger partial charge in [0.2, 0.25) is 0 Å². The minimum Gasteiger partial charge on any atom is -0.378 e. The number of ether oxygens (including phenoxy) is 1. The number of imide groups is 1. The van der Waals surface area contributed by atoms with Gasteiger partial charge in [-0.25, -0.2) is 14.8 Å². The molecule has 0 saturated carbocycles. The number of aromatic amines is 1. The van der Waals surface area contributed by atoms with Gasteiger partial charge < -0.3 is 24.4 Å². The smallest absolute Gasteiger partial charge is 0.325 e. The van der Waals surface area contributed by atoms with Gasteiger partial charge in [-0.05, 0) is 23.8 Å². The van der Waals surface area contributed by atoms with E-state index in [2.05, 4.69) is 27.3 Å². The number of rotatable bonds is 5. The van der Waals surface area contributed by atoms with E-state index in [1.807, 2.05) is 41.3 Å². The topological polar surface area (TPSA) is 106 Å². The van der Waals surface area contributed by atoms with Gasteiger partial charge in [0.1, 0.15) is 11.7 Å². The molecule has 0 radical (unpaired) electrons. The molecule has 2 saturated heterocycles. The summed E-state index contributed by atoms with van der Waals surface area (Å²) in [5, 5.41) is 2.46. The SMILES string of the molecule is CN1C(=O)NC(=O)C2C1N=C(Cc1nc3ccc(N4CCOCC4)cc3[nH]1)N2Cc1ccccc1. The van der Waals surface area contributed by atoms with Crippen LogP contribution in [-0.4, -0.2) is 83.1 Å². The molecule has 2 N–H and O–H groups in total. The highest BCUT2D eigenvalue weighted by Crippen LogP contribution is 2.28. The highest BCUT2D eigenvalue weighted by Gasteiger charge is 2.48.